The van der Waals surface area contributed by atoms with Crippen LogP contribution < -0.4 is 10.1 Å². The predicted octanol–water partition coefficient (Wildman–Crippen LogP) is 5.55. The zero-order valence-corrected chi connectivity index (χ0v) is 20.0. The molecule has 0 aliphatic carbocycles. The van der Waals surface area contributed by atoms with Crippen molar-refractivity contribution in [1.29, 1.82) is 0 Å². The van der Waals surface area contributed by atoms with Crippen LogP contribution in [0, 0.1) is 13.8 Å². The molecule has 1 fully saturated rings. The molecule has 1 aliphatic heterocycles. The molecule has 33 heavy (non-hydrogen) atoms. The molecule has 0 radical (unpaired) electrons. The number of aromatic nitrogens is 5. The summed E-state index contributed by atoms with van der Waals surface area (Å²) in [6.45, 7) is 4.77. The molecule has 4 aromatic rings. The van der Waals surface area contributed by atoms with Gasteiger partial charge in [0.15, 0.2) is 5.65 Å². The molecule has 4 heterocycles. The minimum atomic E-state index is -0.0713. The van der Waals surface area contributed by atoms with Gasteiger partial charge >= 0.3 is 0 Å². The second-order valence-corrected chi connectivity index (χ2v) is 8.78. The zero-order valence-electron chi connectivity index (χ0n) is 19.2. The Hall–Kier alpha value is -3.10. The molecule has 8 nitrogen and oxygen atoms in total. The monoisotopic (exact) mass is 466 g/mol. The van der Waals surface area contributed by atoms with Crippen LogP contribution in [-0.2, 0) is 11.8 Å². The number of nitrogens with one attached hydrogen (secondary N) is 1. The molecule has 9 heteroatoms. The van der Waals surface area contributed by atoms with Crippen molar-refractivity contribution >= 4 is 34.1 Å². The number of aryl methyl sites for hydroxylation is 3. The highest BCUT2D eigenvalue weighted by molar-refractivity contribution is 6.30. The van der Waals surface area contributed by atoms with Crippen molar-refractivity contribution in [2.75, 3.05) is 19.0 Å². The molecule has 1 aromatic carbocycles. The third-order valence-corrected chi connectivity index (χ3v) is 6.19. The average Bonchev–Trinajstić information content (AvgIpc) is 3.32. The van der Waals surface area contributed by atoms with Crippen LogP contribution in [0.2, 0.25) is 5.15 Å². The number of fused-ring (bicyclic) bond motifs is 1. The van der Waals surface area contributed by atoms with Gasteiger partial charge in [0.25, 0.3) is 0 Å². The summed E-state index contributed by atoms with van der Waals surface area (Å²) in [5.74, 6) is 1.55. The van der Waals surface area contributed by atoms with Crippen molar-refractivity contribution in [3.63, 3.8) is 0 Å². The molecule has 1 atom stereocenters. The van der Waals surface area contributed by atoms with Crippen molar-refractivity contribution in [2.45, 2.75) is 39.3 Å². The summed E-state index contributed by atoms with van der Waals surface area (Å²) in [5.41, 5.74) is 6.06. The molecule has 1 saturated heterocycles. The Morgan fingerprint density at radius 1 is 1.15 bits per heavy atom. The second-order valence-electron chi connectivity index (χ2n) is 8.39. The van der Waals surface area contributed by atoms with Gasteiger partial charge < -0.3 is 14.8 Å². The first-order valence-corrected chi connectivity index (χ1v) is 11.4. The lowest BCUT2D eigenvalue weighted by atomic mass is 10.1. The topological polar surface area (TPSA) is 79.0 Å². The van der Waals surface area contributed by atoms with Gasteiger partial charge in [0.2, 0.25) is 0 Å². The molecule has 172 valence electrons. The van der Waals surface area contributed by atoms with Gasteiger partial charge in [-0.05, 0) is 50.8 Å². The van der Waals surface area contributed by atoms with E-state index in [4.69, 9.17) is 26.1 Å². The number of anilines is 2. The maximum absolute atomic E-state index is 6.43. The van der Waals surface area contributed by atoms with Gasteiger partial charge in [-0.15, -0.1) is 0 Å². The number of hydrogen-bond donors (Lipinski definition) is 1. The zero-order chi connectivity index (χ0) is 23.1. The van der Waals surface area contributed by atoms with Crippen molar-refractivity contribution in [1.82, 2.24) is 24.3 Å². The third-order valence-electron chi connectivity index (χ3n) is 5.99. The van der Waals surface area contributed by atoms with Gasteiger partial charge in [0, 0.05) is 31.5 Å². The molecule has 3 aromatic heterocycles. The van der Waals surface area contributed by atoms with Crippen LogP contribution in [0.4, 0.5) is 11.4 Å². The first kappa shape index (κ1) is 21.7. The van der Waals surface area contributed by atoms with E-state index in [1.807, 2.05) is 50.0 Å². The summed E-state index contributed by atoms with van der Waals surface area (Å²) >= 11 is 6.43. The van der Waals surface area contributed by atoms with Gasteiger partial charge in [-0.25, -0.2) is 9.97 Å². The first-order valence-electron chi connectivity index (χ1n) is 11.1. The SMILES string of the molecule is COc1cc(-c2nn(C)cc2C)ccc1Nc1cc(Cl)nc2c1nc(C)n2C1CCCCO1. The van der Waals surface area contributed by atoms with Gasteiger partial charge in [-0.2, -0.15) is 5.10 Å². The number of nitrogens with zero attached hydrogens (tertiary/aromatic N) is 5. The lowest BCUT2D eigenvalue weighted by molar-refractivity contribution is -0.0309. The van der Waals surface area contributed by atoms with Crippen molar-refractivity contribution in [2.24, 2.45) is 7.05 Å². The highest BCUT2D eigenvalue weighted by Gasteiger charge is 2.23. The minimum Gasteiger partial charge on any atom is -0.495 e. The average molecular weight is 467 g/mol. The van der Waals surface area contributed by atoms with Crippen LogP contribution in [0.3, 0.4) is 0 Å². The minimum absolute atomic E-state index is 0.0713. The van der Waals surface area contributed by atoms with Crippen molar-refractivity contribution in [3.05, 3.63) is 47.0 Å². The predicted molar refractivity (Wildman–Crippen MR) is 129 cm³/mol. The lowest BCUT2D eigenvalue weighted by Crippen LogP contribution is -2.19. The molecule has 0 bridgehead atoms. The summed E-state index contributed by atoms with van der Waals surface area (Å²) in [4.78, 5) is 9.39. The summed E-state index contributed by atoms with van der Waals surface area (Å²) in [7, 11) is 3.57. The van der Waals surface area contributed by atoms with E-state index in [0.29, 0.717) is 16.5 Å². The van der Waals surface area contributed by atoms with E-state index in [-0.39, 0.29) is 6.23 Å². The van der Waals surface area contributed by atoms with Gasteiger partial charge in [0.05, 0.1) is 24.2 Å². The number of ether oxygens (including phenoxy) is 2. The number of pyridine rings is 1. The fourth-order valence-corrected chi connectivity index (χ4v) is 4.68. The molecule has 0 amide bonds. The fourth-order valence-electron chi connectivity index (χ4n) is 4.49. The number of halogens is 1. The Morgan fingerprint density at radius 2 is 2.00 bits per heavy atom. The summed E-state index contributed by atoms with van der Waals surface area (Å²) in [6.07, 6.45) is 5.06. The maximum atomic E-state index is 6.43. The molecular weight excluding hydrogens is 440 g/mol. The van der Waals surface area contributed by atoms with Gasteiger partial charge in [-0.3, -0.25) is 9.25 Å². The molecule has 1 unspecified atom stereocenters. The van der Waals surface area contributed by atoms with Crippen LogP contribution in [0.5, 0.6) is 5.75 Å². The Balaban J connectivity index is 1.54. The quantitative estimate of drug-likeness (QED) is 0.388. The molecule has 0 saturated carbocycles. The number of imidazole rings is 1. The number of benzene rings is 1. The number of methoxy groups -OCH3 is 1. The summed E-state index contributed by atoms with van der Waals surface area (Å²) in [6, 6.07) is 7.78. The van der Waals surface area contributed by atoms with E-state index in [0.717, 1.165) is 65.4 Å². The Kier molecular flexibility index (Phi) is 5.72. The highest BCUT2D eigenvalue weighted by atomic mass is 35.5. The molecule has 1 aliphatic rings. The summed E-state index contributed by atoms with van der Waals surface area (Å²) in [5, 5.41) is 8.42. The number of rotatable bonds is 5. The van der Waals surface area contributed by atoms with E-state index in [1.54, 1.807) is 13.2 Å². The van der Waals surface area contributed by atoms with E-state index >= 15 is 0 Å². The fraction of sp³-hybridized carbons (Fsp3) is 0.375. The lowest BCUT2D eigenvalue weighted by Gasteiger charge is -2.25. The molecular formula is C24H27ClN6O2. The van der Waals surface area contributed by atoms with E-state index in [9.17, 15) is 0 Å². The van der Waals surface area contributed by atoms with E-state index < -0.39 is 0 Å². The first-order chi connectivity index (χ1) is 15.9. The van der Waals surface area contributed by atoms with Crippen LogP contribution >= 0.6 is 11.6 Å². The Bertz CT molecular complexity index is 1320. The standard InChI is InChI=1S/C24H27ClN6O2/c1-14-13-30(3)29-22(14)16-8-9-17(19(11-16)32-4)27-18-12-20(25)28-24-23(18)26-15(2)31(24)21-7-5-6-10-33-21/h8-9,11-13,21H,5-7,10H2,1-4H3,(H,27,28). The van der Waals surface area contributed by atoms with Crippen LogP contribution in [0.25, 0.3) is 22.4 Å². The van der Waals surface area contributed by atoms with E-state index in [2.05, 4.69) is 20.0 Å². The Labute approximate surface area is 197 Å². The maximum Gasteiger partial charge on any atom is 0.166 e. The Morgan fingerprint density at radius 3 is 2.70 bits per heavy atom. The summed E-state index contributed by atoms with van der Waals surface area (Å²) < 4.78 is 15.6. The van der Waals surface area contributed by atoms with Gasteiger partial charge in [-0.1, -0.05) is 17.7 Å². The highest BCUT2D eigenvalue weighted by Crippen LogP contribution is 2.37. The van der Waals surface area contributed by atoms with Crippen molar-refractivity contribution in [3.8, 4) is 17.0 Å². The number of hydrogen-bond acceptors (Lipinski definition) is 6. The third kappa shape index (κ3) is 4.05. The van der Waals surface area contributed by atoms with Crippen LogP contribution in [-0.4, -0.2) is 38.0 Å². The van der Waals surface area contributed by atoms with Crippen LogP contribution in [0.15, 0.2) is 30.5 Å². The molecule has 0 spiro atoms. The van der Waals surface area contributed by atoms with E-state index in [1.165, 1.54) is 0 Å². The molecule has 5 rings (SSSR count). The normalized spacial score (nSPS) is 16.3. The molecule has 1 N–H and O–H groups in total. The van der Waals surface area contributed by atoms with Crippen LogP contribution in [0.1, 0.15) is 36.9 Å². The smallest absolute Gasteiger partial charge is 0.166 e. The van der Waals surface area contributed by atoms with Gasteiger partial charge in [0.1, 0.15) is 28.5 Å². The second kappa shape index (κ2) is 8.68. The van der Waals surface area contributed by atoms with Crippen molar-refractivity contribution < 1.29 is 9.47 Å². The largest absolute Gasteiger partial charge is 0.495 e.